The standard InChI is InChI=1S/C13H17BrN4O2/c14-10-5-9(6-16-7-10)13(19)18(8-12(15)17-20)11-3-1-2-4-11/h5-7,11,20H,1-4,8H2,(H2,15,17). The largest absolute Gasteiger partial charge is 0.409 e. The zero-order valence-corrected chi connectivity index (χ0v) is 12.6. The second kappa shape index (κ2) is 6.69. The Morgan fingerprint density at radius 3 is 2.80 bits per heavy atom. The fourth-order valence-electron chi connectivity index (χ4n) is 2.48. The van der Waals surface area contributed by atoms with Crippen LogP contribution in [0, 0.1) is 0 Å². The van der Waals surface area contributed by atoms with Crippen molar-refractivity contribution in [3.63, 3.8) is 0 Å². The van der Waals surface area contributed by atoms with Gasteiger partial charge in [-0.15, -0.1) is 0 Å². The summed E-state index contributed by atoms with van der Waals surface area (Å²) in [7, 11) is 0. The summed E-state index contributed by atoms with van der Waals surface area (Å²) in [6, 6.07) is 1.87. The predicted molar refractivity (Wildman–Crippen MR) is 78.6 cm³/mol. The number of rotatable bonds is 4. The van der Waals surface area contributed by atoms with Crippen LogP contribution in [-0.4, -0.2) is 39.4 Å². The summed E-state index contributed by atoms with van der Waals surface area (Å²) in [5, 5.41) is 11.7. The van der Waals surface area contributed by atoms with Crippen molar-refractivity contribution >= 4 is 27.7 Å². The number of amidine groups is 1. The van der Waals surface area contributed by atoms with Gasteiger partial charge in [0.1, 0.15) is 0 Å². The van der Waals surface area contributed by atoms with Gasteiger partial charge in [0.25, 0.3) is 5.91 Å². The van der Waals surface area contributed by atoms with Crippen molar-refractivity contribution < 1.29 is 10.0 Å². The molecular weight excluding hydrogens is 324 g/mol. The molecule has 0 aliphatic heterocycles. The molecule has 1 aliphatic carbocycles. The van der Waals surface area contributed by atoms with Gasteiger partial charge in [0.05, 0.1) is 12.1 Å². The summed E-state index contributed by atoms with van der Waals surface area (Å²) in [6.45, 7) is 0.131. The van der Waals surface area contributed by atoms with Crippen molar-refractivity contribution in [2.45, 2.75) is 31.7 Å². The van der Waals surface area contributed by atoms with Gasteiger partial charge in [-0.05, 0) is 34.8 Å². The zero-order valence-electron chi connectivity index (χ0n) is 11.0. The first-order chi connectivity index (χ1) is 9.61. The van der Waals surface area contributed by atoms with Crippen LogP contribution in [0.25, 0.3) is 0 Å². The number of nitrogens with zero attached hydrogens (tertiary/aromatic N) is 3. The minimum absolute atomic E-state index is 0.0354. The Morgan fingerprint density at radius 2 is 2.20 bits per heavy atom. The van der Waals surface area contributed by atoms with Gasteiger partial charge in [0.2, 0.25) is 0 Å². The smallest absolute Gasteiger partial charge is 0.256 e. The van der Waals surface area contributed by atoms with Crippen LogP contribution in [-0.2, 0) is 0 Å². The maximum atomic E-state index is 12.6. The molecule has 2 rings (SSSR count). The normalized spacial score (nSPS) is 16.4. The molecule has 20 heavy (non-hydrogen) atoms. The van der Waals surface area contributed by atoms with E-state index in [1.807, 2.05) is 0 Å². The molecule has 0 bridgehead atoms. The first-order valence-corrected chi connectivity index (χ1v) is 7.29. The molecule has 0 spiro atoms. The molecule has 1 fully saturated rings. The van der Waals surface area contributed by atoms with E-state index in [1.54, 1.807) is 17.2 Å². The van der Waals surface area contributed by atoms with Crippen molar-refractivity contribution in [3.05, 3.63) is 28.5 Å². The monoisotopic (exact) mass is 340 g/mol. The Bertz CT molecular complexity index is 515. The van der Waals surface area contributed by atoms with Crippen molar-refractivity contribution in [2.75, 3.05) is 6.54 Å². The van der Waals surface area contributed by atoms with E-state index in [-0.39, 0.29) is 24.3 Å². The summed E-state index contributed by atoms with van der Waals surface area (Å²) in [5.41, 5.74) is 6.07. The molecule has 0 atom stereocenters. The molecule has 1 saturated carbocycles. The van der Waals surface area contributed by atoms with E-state index < -0.39 is 0 Å². The first-order valence-electron chi connectivity index (χ1n) is 6.49. The lowest BCUT2D eigenvalue weighted by Crippen LogP contribution is -2.44. The van der Waals surface area contributed by atoms with E-state index in [0.29, 0.717) is 5.56 Å². The highest BCUT2D eigenvalue weighted by Gasteiger charge is 2.28. The van der Waals surface area contributed by atoms with Crippen LogP contribution in [0.3, 0.4) is 0 Å². The molecule has 0 radical (unpaired) electrons. The number of pyridine rings is 1. The number of nitrogens with two attached hydrogens (primary N) is 1. The fourth-order valence-corrected chi connectivity index (χ4v) is 2.85. The second-order valence-corrected chi connectivity index (χ2v) is 5.77. The molecule has 1 aromatic rings. The van der Waals surface area contributed by atoms with Crippen molar-refractivity contribution in [1.82, 2.24) is 9.88 Å². The molecule has 0 aromatic carbocycles. The Morgan fingerprint density at radius 1 is 1.50 bits per heavy atom. The van der Waals surface area contributed by atoms with Crippen LogP contribution in [0.2, 0.25) is 0 Å². The third kappa shape index (κ3) is 3.47. The number of hydrogen-bond donors (Lipinski definition) is 2. The molecule has 7 heteroatoms. The number of oxime groups is 1. The van der Waals surface area contributed by atoms with Crippen molar-refractivity contribution in [1.29, 1.82) is 0 Å². The number of carbonyl (C=O) groups excluding carboxylic acids is 1. The number of hydrogen-bond acceptors (Lipinski definition) is 4. The highest BCUT2D eigenvalue weighted by Crippen LogP contribution is 2.25. The van der Waals surface area contributed by atoms with E-state index in [4.69, 9.17) is 10.9 Å². The van der Waals surface area contributed by atoms with Crippen LogP contribution in [0.4, 0.5) is 0 Å². The highest BCUT2D eigenvalue weighted by atomic mass is 79.9. The number of halogens is 1. The third-order valence-electron chi connectivity index (χ3n) is 3.44. The number of carbonyl (C=O) groups is 1. The molecular formula is C13H17BrN4O2. The topological polar surface area (TPSA) is 91.8 Å². The average molecular weight is 341 g/mol. The van der Waals surface area contributed by atoms with E-state index in [0.717, 1.165) is 30.2 Å². The Hall–Kier alpha value is -1.63. The van der Waals surface area contributed by atoms with E-state index in [1.165, 1.54) is 6.20 Å². The minimum Gasteiger partial charge on any atom is -0.409 e. The lowest BCUT2D eigenvalue weighted by molar-refractivity contribution is 0.0712. The average Bonchev–Trinajstić information content (AvgIpc) is 2.97. The maximum absolute atomic E-state index is 12.6. The molecule has 6 nitrogen and oxygen atoms in total. The van der Waals surface area contributed by atoms with Crippen LogP contribution in [0.1, 0.15) is 36.0 Å². The summed E-state index contributed by atoms with van der Waals surface area (Å²) in [6.07, 6.45) is 7.25. The molecule has 1 aromatic heterocycles. The Balaban J connectivity index is 2.23. The third-order valence-corrected chi connectivity index (χ3v) is 3.87. The summed E-state index contributed by atoms with van der Waals surface area (Å²) >= 11 is 3.31. The van der Waals surface area contributed by atoms with E-state index in [9.17, 15) is 4.79 Å². The summed E-state index contributed by atoms with van der Waals surface area (Å²) < 4.78 is 0.749. The first kappa shape index (κ1) is 14.8. The lowest BCUT2D eigenvalue weighted by Gasteiger charge is -2.28. The Labute approximate surface area is 125 Å². The van der Waals surface area contributed by atoms with Crippen LogP contribution in [0.5, 0.6) is 0 Å². The van der Waals surface area contributed by atoms with E-state index >= 15 is 0 Å². The lowest BCUT2D eigenvalue weighted by atomic mass is 10.1. The van der Waals surface area contributed by atoms with E-state index in [2.05, 4.69) is 26.1 Å². The van der Waals surface area contributed by atoms with Gasteiger partial charge in [0.15, 0.2) is 5.84 Å². The van der Waals surface area contributed by atoms with Crippen LogP contribution >= 0.6 is 15.9 Å². The van der Waals surface area contributed by atoms with Crippen LogP contribution in [0.15, 0.2) is 28.1 Å². The molecule has 0 saturated heterocycles. The van der Waals surface area contributed by atoms with Gasteiger partial charge in [0, 0.05) is 22.9 Å². The molecule has 1 heterocycles. The van der Waals surface area contributed by atoms with Crippen molar-refractivity contribution in [3.8, 4) is 0 Å². The Kier molecular flexibility index (Phi) is 4.94. The molecule has 0 unspecified atom stereocenters. The second-order valence-electron chi connectivity index (χ2n) is 4.85. The van der Waals surface area contributed by atoms with Gasteiger partial charge < -0.3 is 15.8 Å². The quantitative estimate of drug-likeness (QED) is 0.379. The number of aromatic nitrogens is 1. The van der Waals surface area contributed by atoms with Gasteiger partial charge in [-0.1, -0.05) is 18.0 Å². The molecule has 108 valence electrons. The summed E-state index contributed by atoms with van der Waals surface area (Å²) in [5.74, 6) is -0.106. The number of amides is 1. The molecule has 3 N–H and O–H groups in total. The van der Waals surface area contributed by atoms with Gasteiger partial charge in [-0.3, -0.25) is 9.78 Å². The molecule has 1 amide bonds. The zero-order chi connectivity index (χ0) is 14.5. The maximum Gasteiger partial charge on any atom is 0.256 e. The van der Waals surface area contributed by atoms with Gasteiger partial charge in [-0.2, -0.15) is 0 Å². The highest BCUT2D eigenvalue weighted by molar-refractivity contribution is 9.10. The van der Waals surface area contributed by atoms with Gasteiger partial charge >= 0.3 is 0 Å². The van der Waals surface area contributed by atoms with Crippen molar-refractivity contribution in [2.24, 2.45) is 10.9 Å². The fraction of sp³-hybridized carbons (Fsp3) is 0.462. The molecule has 1 aliphatic rings. The SMILES string of the molecule is NC(CN(C(=O)c1cncc(Br)c1)C1CCCC1)=NO. The van der Waals surface area contributed by atoms with Gasteiger partial charge in [-0.25, -0.2) is 0 Å². The predicted octanol–water partition coefficient (Wildman–Crippen LogP) is 1.98. The summed E-state index contributed by atoms with van der Waals surface area (Å²) in [4.78, 5) is 18.3. The van der Waals surface area contributed by atoms with Crippen LogP contribution < -0.4 is 5.73 Å². The minimum atomic E-state index is -0.141.